The molecule has 0 radical (unpaired) electrons. The SMILES string of the molecule is O=C(O)c1ccc(-c2ccccc2)cc1Nc1ccc(-c2ccccc2)cc1. The Morgan fingerprint density at radius 3 is 1.68 bits per heavy atom. The molecule has 0 amide bonds. The van der Waals surface area contributed by atoms with E-state index in [0.717, 1.165) is 27.9 Å². The van der Waals surface area contributed by atoms with Crippen LogP contribution >= 0.6 is 0 Å². The highest BCUT2D eigenvalue weighted by Crippen LogP contribution is 2.29. The monoisotopic (exact) mass is 365 g/mol. The van der Waals surface area contributed by atoms with Crippen LogP contribution in [0.15, 0.2) is 103 Å². The van der Waals surface area contributed by atoms with E-state index in [1.165, 1.54) is 0 Å². The van der Waals surface area contributed by atoms with Crippen molar-refractivity contribution in [3.8, 4) is 22.3 Å². The minimum atomic E-state index is -0.956. The molecule has 4 rings (SSSR count). The van der Waals surface area contributed by atoms with Crippen LogP contribution in [0.5, 0.6) is 0 Å². The lowest BCUT2D eigenvalue weighted by Gasteiger charge is -2.13. The molecule has 0 spiro atoms. The molecular weight excluding hydrogens is 346 g/mol. The van der Waals surface area contributed by atoms with E-state index >= 15 is 0 Å². The molecule has 0 saturated heterocycles. The van der Waals surface area contributed by atoms with Gasteiger partial charge in [0.25, 0.3) is 0 Å². The molecule has 3 nitrogen and oxygen atoms in total. The number of carboxylic acid groups (broad SMARTS) is 1. The molecule has 0 fully saturated rings. The molecule has 0 aliphatic rings. The third-order valence-electron chi connectivity index (χ3n) is 4.63. The molecule has 0 aliphatic heterocycles. The average molecular weight is 365 g/mol. The maximum Gasteiger partial charge on any atom is 0.337 e. The predicted molar refractivity (Wildman–Crippen MR) is 114 cm³/mol. The minimum absolute atomic E-state index is 0.242. The van der Waals surface area contributed by atoms with E-state index in [-0.39, 0.29) is 5.56 Å². The van der Waals surface area contributed by atoms with Gasteiger partial charge < -0.3 is 10.4 Å². The number of nitrogens with one attached hydrogen (secondary N) is 1. The maximum atomic E-state index is 11.7. The summed E-state index contributed by atoms with van der Waals surface area (Å²) in [6, 6.07) is 33.4. The van der Waals surface area contributed by atoms with Crippen molar-refractivity contribution in [2.75, 3.05) is 5.32 Å². The summed E-state index contributed by atoms with van der Waals surface area (Å²) in [4.78, 5) is 11.7. The Kier molecular flexibility index (Phi) is 4.89. The lowest BCUT2D eigenvalue weighted by Crippen LogP contribution is -2.03. The number of anilines is 2. The van der Waals surface area contributed by atoms with E-state index in [1.54, 1.807) is 6.07 Å². The number of hydrogen-bond acceptors (Lipinski definition) is 2. The van der Waals surface area contributed by atoms with Crippen LogP contribution in [0, 0.1) is 0 Å². The Morgan fingerprint density at radius 1 is 0.607 bits per heavy atom. The van der Waals surface area contributed by atoms with Gasteiger partial charge in [0.1, 0.15) is 0 Å². The second-order valence-corrected chi connectivity index (χ2v) is 6.50. The van der Waals surface area contributed by atoms with Gasteiger partial charge in [-0.2, -0.15) is 0 Å². The van der Waals surface area contributed by atoms with Crippen molar-refractivity contribution in [1.29, 1.82) is 0 Å². The molecule has 0 aromatic heterocycles. The van der Waals surface area contributed by atoms with Crippen molar-refractivity contribution in [3.63, 3.8) is 0 Å². The topological polar surface area (TPSA) is 49.3 Å². The molecule has 2 N–H and O–H groups in total. The molecule has 4 aromatic rings. The van der Waals surface area contributed by atoms with Gasteiger partial charge in [0.05, 0.1) is 11.3 Å². The number of benzene rings is 4. The van der Waals surface area contributed by atoms with Gasteiger partial charge in [-0.25, -0.2) is 4.79 Å². The van der Waals surface area contributed by atoms with Crippen molar-refractivity contribution in [2.24, 2.45) is 0 Å². The van der Waals surface area contributed by atoms with Crippen LogP contribution in [0.25, 0.3) is 22.3 Å². The maximum absolute atomic E-state index is 11.7. The van der Waals surface area contributed by atoms with Gasteiger partial charge in [-0.3, -0.25) is 0 Å². The minimum Gasteiger partial charge on any atom is -0.478 e. The number of carboxylic acids is 1. The summed E-state index contributed by atoms with van der Waals surface area (Å²) in [5.41, 5.74) is 5.92. The molecule has 0 bridgehead atoms. The van der Waals surface area contributed by atoms with Crippen LogP contribution < -0.4 is 5.32 Å². The van der Waals surface area contributed by atoms with Crippen LogP contribution in [0.4, 0.5) is 11.4 Å². The first kappa shape index (κ1) is 17.6. The summed E-state index contributed by atoms with van der Waals surface area (Å²) < 4.78 is 0. The molecule has 0 saturated carbocycles. The average Bonchev–Trinajstić information content (AvgIpc) is 2.75. The largest absolute Gasteiger partial charge is 0.478 e. The summed E-state index contributed by atoms with van der Waals surface area (Å²) in [7, 11) is 0. The molecule has 0 heterocycles. The standard InChI is InChI=1S/C25H19NO2/c27-25(28)23-16-13-21(19-9-5-2-6-10-19)17-24(23)26-22-14-11-20(12-15-22)18-7-3-1-4-8-18/h1-17,26H,(H,27,28). The van der Waals surface area contributed by atoms with Gasteiger partial charge >= 0.3 is 5.97 Å². The van der Waals surface area contributed by atoms with Crippen molar-refractivity contribution in [1.82, 2.24) is 0 Å². The smallest absolute Gasteiger partial charge is 0.337 e. The zero-order valence-corrected chi connectivity index (χ0v) is 15.2. The third kappa shape index (κ3) is 3.79. The predicted octanol–water partition coefficient (Wildman–Crippen LogP) is 6.46. The van der Waals surface area contributed by atoms with Crippen molar-refractivity contribution >= 4 is 17.3 Å². The first-order chi connectivity index (χ1) is 13.7. The van der Waals surface area contributed by atoms with Gasteiger partial charge in [-0.1, -0.05) is 78.9 Å². The fourth-order valence-electron chi connectivity index (χ4n) is 3.18. The Hall–Kier alpha value is -3.85. The van der Waals surface area contributed by atoms with Crippen LogP contribution in [0.2, 0.25) is 0 Å². The van der Waals surface area contributed by atoms with Crippen LogP contribution in [-0.4, -0.2) is 11.1 Å². The van der Waals surface area contributed by atoms with Crippen molar-refractivity contribution in [2.45, 2.75) is 0 Å². The lowest BCUT2D eigenvalue weighted by atomic mass is 10.0. The fraction of sp³-hybridized carbons (Fsp3) is 0. The van der Waals surface area contributed by atoms with Gasteiger partial charge in [-0.05, 0) is 46.5 Å². The Balaban J connectivity index is 1.65. The summed E-state index contributed by atoms with van der Waals surface area (Å²) in [5.74, 6) is -0.956. The lowest BCUT2D eigenvalue weighted by molar-refractivity contribution is 0.0698. The Bertz CT molecular complexity index is 1090. The summed E-state index contributed by atoms with van der Waals surface area (Å²) in [6.45, 7) is 0. The van der Waals surface area contributed by atoms with Gasteiger partial charge in [0.2, 0.25) is 0 Å². The van der Waals surface area contributed by atoms with Crippen LogP contribution in [0.1, 0.15) is 10.4 Å². The van der Waals surface area contributed by atoms with E-state index in [1.807, 2.05) is 84.9 Å². The van der Waals surface area contributed by atoms with Gasteiger partial charge in [0.15, 0.2) is 0 Å². The molecule has 28 heavy (non-hydrogen) atoms. The Labute approximate surface area is 163 Å². The molecule has 0 aliphatic carbocycles. The third-order valence-corrected chi connectivity index (χ3v) is 4.63. The highest BCUT2D eigenvalue weighted by molar-refractivity contribution is 5.96. The number of hydrogen-bond donors (Lipinski definition) is 2. The fourth-order valence-corrected chi connectivity index (χ4v) is 3.18. The molecular formula is C25H19NO2. The number of rotatable bonds is 5. The number of aromatic carboxylic acids is 1. The highest BCUT2D eigenvalue weighted by atomic mass is 16.4. The molecule has 0 unspecified atom stereocenters. The summed E-state index contributed by atoms with van der Waals surface area (Å²) in [6.07, 6.45) is 0. The molecule has 0 atom stereocenters. The highest BCUT2D eigenvalue weighted by Gasteiger charge is 2.12. The van der Waals surface area contributed by atoms with E-state index < -0.39 is 5.97 Å². The molecule has 4 aromatic carbocycles. The molecule has 136 valence electrons. The first-order valence-electron chi connectivity index (χ1n) is 9.06. The first-order valence-corrected chi connectivity index (χ1v) is 9.06. The van der Waals surface area contributed by atoms with Crippen LogP contribution in [-0.2, 0) is 0 Å². The summed E-state index contributed by atoms with van der Waals surface area (Å²) >= 11 is 0. The van der Waals surface area contributed by atoms with E-state index in [2.05, 4.69) is 17.4 Å². The quantitative estimate of drug-likeness (QED) is 0.426. The van der Waals surface area contributed by atoms with Crippen LogP contribution in [0.3, 0.4) is 0 Å². The summed E-state index contributed by atoms with van der Waals surface area (Å²) in [5, 5.41) is 12.8. The van der Waals surface area contributed by atoms with E-state index in [4.69, 9.17) is 0 Å². The Morgan fingerprint density at radius 2 is 1.11 bits per heavy atom. The van der Waals surface area contributed by atoms with E-state index in [0.29, 0.717) is 5.69 Å². The van der Waals surface area contributed by atoms with E-state index in [9.17, 15) is 9.90 Å². The van der Waals surface area contributed by atoms with Crippen molar-refractivity contribution < 1.29 is 9.90 Å². The molecule has 3 heteroatoms. The second kappa shape index (κ2) is 7.80. The van der Waals surface area contributed by atoms with Crippen molar-refractivity contribution in [3.05, 3.63) is 109 Å². The zero-order chi connectivity index (χ0) is 19.3. The van der Waals surface area contributed by atoms with Gasteiger partial charge in [-0.15, -0.1) is 0 Å². The normalized spacial score (nSPS) is 10.4. The second-order valence-electron chi connectivity index (χ2n) is 6.50. The number of carbonyl (C=O) groups is 1. The zero-order valence-electron chi connectivity index (χ0n) is 15.2. The van der Waals surface area contributed by atoms with Gasteiger partial charge in [0, 0.05) is 5.69 Å².